The number of benzene rings is 2. The van der Waals surface area contributed by atoms with Gasteiger partial charge in [0.15, 0.2) is 0 Å². The van der Waals surface area contributed by atoms with E-state index in [9.17, 15) is 4.79 Å². The standard InChI is InChI=1S/C19H26N2O/c1-2-3-6-11-21-18(14-19(20)22)13-15-9-10-16-7-4-5-8-17(16)12-15/h4-5,7-10,12,18,21H,2-3,6,11,13-14H2,1H3,(H2,20,22)/t18-/m0/s1. The highest BCUT2D eigenvalue weighted by Gasteiger charge is 2.12. The highest BCUT2D eigenvalue weighted by molar-refractivity contribution is 5.83. The molecule has 0 aliphatic rings. The Labute approximate surface area is 132 Å². The molecule has 0 saturated heterocycles. The number of carbonyl (C=O) groups excluding carboxylic acids is 1. The molecule has 0 aliphatic carbocycles. The molecule has 0 heterocycles. The zero-order chi connectivity index (χ0) is 15.8. The van der Waals surface area contributed by atoms with Crippen LogP contribution in [0.25, 0.3) is 10.8 Å². The van der Waals surface area contributed by atoms with E-state index in [1.165, 1.54) is 29.2 Å². The molecule has 3 N–H and O–H groups in total. The molecule has 1 amide bonds. The lowest BCUT2D eigenvalue weighted by molar-refractivity contribution is -0.118. The van der Waals surface area contributed by atoms with Crippen LogP contribution in [0.5, 0.6) is 0 Å². The van der Waals surface area contributed by atoms with Crippen LogP contribution in [0.15, 0.2) is 42.5 Å². The Morgan fingerprint density at radius 3 is 2.64 bits per heavy atom. The van der Waals surface area contributed by atoms with Crippen LogP contribution in [0.1, 0.15) is 38.2 Å². The van der Waals surface area contributed by atoms with Gasteiger partial charge in [-0.25, -0.2) is 0 Å². The maximum absolute atomic E-state index is 11.3. The predicted octanol–water partition coefficient (Wildman–Crippen LogP) is 3.41. The summed E-state index contributed by atoms with van der Waals surface area (Å²) in [5.74, 6) is -0.242. The number of rotatable bonds is 9. The first-order valence-electron chi connectivity index (χ1n) is 8.18. The molecule has 0 radical (unpaired) electrons. The number of primary amides is 1. The number of carbonyl (C=O) groups is 1. The number of amides is 1. The summed E-state index contributed by atoms with van der Waals surface area (Å²) in [6.07, 6.45) is 4.78. The maximum Gasteiger partial charge on any atom is 0.218 e. The van der Waals surface area contributed by atoms with Crippen molar-refractivity contribution in [3.8, 4) is 0 Å². The topological polar surface area (TPSA) is 55.1 Å². The van der Waals surface area contributed by atoms with E-state index < -0.39 is 0 Å². The van der Waals surface area contributed by atoms with Gasteiger partial charge in [-0.05, 0) is 35.7 Å². The molecule has 0 spiro atoms. The van der Waals surface area contributed by atoms with Crippen molar-refractivity contribution in [2.24, 2.45) is 5.73 Å². The molecule has 0 saturated carbocycles. The second-order valence-electron chi connectivity index (χ2n) is 5.91. The van der Waals surface area contributed by atoms with E-state index >= 15 is 0 Å². The second kappa shape index (κ2) is 8.54. The van der Waals surface area contributed by atoms with E-state index in [2.05, 4.69) is 48.6 Å². The van der Waals surface area contributed by atoms with E-state index in [1.54, 1.807) is 0 Å². The Morgan fingerprint density at radius 2 is 1.91 bits per heavy atom. The minimum absolute atomic E-state index is 0.121. The molecular formula is C19H26N2O. The van der Waals surface area contributed by atoms with E-state index in [0.29, 0.717) is 6.42 Å². The lowest BCUT2D eigenvalue weighted by atomic mass is 9.99. The van der Waals surface area contributed by atoms with Crippen molar-refractivity contribution in [1.82, 2.24) is 5.32 Å². The van der Waals surface area contributed by atoms with Gasteiger partial charge in [0, 0.05) is 12.5 Å². The Balaban J connectivity index is 2.01. The van der Waals surface area contributed by atoms with Crippen molar-refractivity contribution < 1.29 is 4.79 Å². The number of nitrogens with two attached hydrogens (primary N) is 1. The molecule has 2 rings (SSSR count). The predicted molar refractivity (Wildman–Crippen MR) is 92.8 cm³/mol. The molecule has 3 heteroatoms. The van der Waals surface area contributed by atoms with E-state index in [0.717, 1.165) is 19.4 Å². The lowest BCUT2D eigenvalue weighted by Crippen LogP contribution is -2.36. The zero-order valence-electron chi connectivity index (χ0n) is 13.3. The second-order valence-corrected chi connectivity index (χ2v) is 5.91. The fraction of sp³-hybridized carbons (Fsp3) is 0.421. The molecule has 0 aromatic heterocycles. The molecule has 3 nitrogen and oxygen atoms in total. The molecule has 0 fully saturated rings. The molecule has 118 valence electrons. The van der Waals surface area contributed by atoms with Crippen LogP contribution in [0.2, 0.25) is 0 Å². The van der Waals surface area contributed by atoms with Gasteiger partial charge in [0.05, 0.1) is 0 Å². The molecule has 0 aliphatic heterocycles. The highest BCUT2D eigenvalue weighted by atomic mass is 16.1. The summed E-state index contributed by atoms with van der Waals surface area (Å²) >= 11 is 0. The SMILES string of the molecule is CCCCCN[C@H](CC(N)=O)Cc1ccc2ccccc2c1. The monoisotopic (exact) mass is 298 g/mol. The fourth-order valence-electron chi connectivity index (χ4n) is 2.79. The number of nitrogens with one attached hydrogen (secondary N) is 1. The van der Waals surface area contributed by atoms with Gasteiger partial charge >= 0.3 is 0 Å². The normalized spacial score (nSPS) is 12.4. The molecule has 0 unspecified atom stereocenters. The van der Waals surface area contributed by atoms with Crippen LogP contribution in [0.4, 0.5) is 0 Å². The van der Waals surface area contributed by atoms with Gasteiger partial charge in [0.2, 0.25) is 5.91 Å². The molecule has 2 aromatic carbocycles. The third-order valence-electron chi connectivity index (χ3n) is 3.96. The van der Waals surface area contributed by atoms with Crippen molar-refractivity contribution >= 4 is 16.7 Å². The first-order chi connectivity index (χ1) is 10.7. The smallest absolute Gasteiger partial charge is 0.218 e. The summed E-state index contributed by atoms with van der Waals surface area (Å²) in [6, 6.07) is 14.9. The third kappa shape index (κ3) is 5.15. The van der Waals surface area contributed by atoms with Crippen molar-refractivity contribution in [2.75, 3.05) is 6.54 Å². The highest BCUT2D eigenvalue weighted by Crippen LogP contribution is 2.17. The molecule has 0 bridgehead atoms. The van der Waals surface area contributed by atoms with Crippen molar-refractivity contribution in [1.29, 1.82) is 0 Å². The van der Waals surface area contributed by atoms with Crippen LogP contribution in [0, 0.1) is 0 Å². The first kappa shape index (κ1) is 16.5. The number of fused-ring (bicyclic) bond motifs is 1. The molecule has 1 atom stereocenters. The number of hydrogen-bond donors (Lipinski definition) is 2. The minimum atomic E-state index is -0.242. The van der Waals surface area contributed by atoms with Crippen LogP contribution in [-0.4, -0.2) is 18.5 Å². The number of hydrogen-bond acceptors (Lipinski definition) is 2. The summed E-state index contributed by atoms with van der Waals surface area (Å²) < 4.78 is 0. The van der Waals surface area contributed by atoms with Gasteiger partial charge in [0.25, 0.3) is 0 Å². The average Bonchev–Trinajstić information content (AvgIpc) is 2.51. The summed E-state index contributed by atoms with van der Waals surface area (Å²) in [7, 11) is 0. The maximum atomic E-state index is 11.3. The summed E-state index contributed by atoms with van der Waals surface area (Å²) in [6.45, 7) is 3.13. The first-order valence-corrected chi connectivity index (χ1v) is 8.18. The van der Waals surface area contributed by atoms with Crippen LogP contribution >= 0.6 is 0 Å². The lowest BCUT2D eigenvalue weighted by Gasteiger charge is -2.18. The quantitative estimate of drug-likeness (QED) is 0.697. The van der Waals surface area contributed by atoms with Crippen LogP contribution in [0.3, 0.4) is 0 Å². The van der Waals surface area contributed by atoms with Crippen LogP contribution in [-0.2, 0) is 11.2 Å². The largest absolute Gasteiger partial charge is 0.370 e. The molecule has 2 aromatic rings. The summed E-state index contributed by atoms with van der Waals surface area (Å²) in [5, 5.41) is 5.97. The fourth-order valence-corrected chi connectivity index (χ4v) is 2.79. The summed E-state index contributed by atoms with van der Waals surface area (Å²) in [5.41, 5.74) is 6.63. The Morgan fingerprint density at radius 1 is 1.14 bits per heavy atom. The van der Waals surface area contributed by atoms with E-state index in [4.69, 9.17) is 5.73 Å². The van der Waals surface area contributed by atoms with Crippen molar-refractivity contribution in [2.45, 2.75) is 45.1 Å². The Hall–Kier alpha value is -1.87. The van der Waals surface area contributed by atoms with E-state index in [1.807, 2.05) is 6.07 Å². The van der Waals surface area contributed by atoms with Gasteiger partial charge in [-0.3, -0.25) is 4.79 Å². The molecular weight excluding hydrogens is 272 g/mol. The van der Waals surface area contributed by atoms with E-state index in [-0.39, 0.29) is 11.9 Å². The van der Waals surface area contributed by atoms with Gasteiger partial charge in [-0.15, -0.1) is 0 Å². The average molecular weight is 298 g/mol. The zero-order valence-corrected chi connectivity index (χ0v) is 13.3. The Bertz CT molecular complexity index is 609. The van der Waals surface area contributed by atoms with Crippen molar-refractivity contribution in [3.63, 3.8) is 0 Å². The minimum Gasteiger partial charge on any atom is -0.370 e. The van der Waals surface area contributed by atoms with Crippen molar-refractivity contribution in [3.05, 3.63) is 48.0 Å². The Kier molecular flexibility index (Phi) is 6.41. The van der Waals surface area contributed by atoms with Gasteiger partial charge in [-0.1, -0.05) is 62.2 Å². The van der Waals surface area contributed by atoms with Gasteiger partial charge < -0.3 is 11.1 Å². The summed E-state index contributed by atoms with van der Waals surface area (Å²) in [4.78, 5) is 11.3. The number of unbranched alkanes of at least 4 members (excludes halogenated alkanes) is 2. The van der Waals surface area contributed by atoms with Gasteiger partial charge in [-0.2, -0.15) is 0 Å². The van der Waals surface area contributed by atoms with Gasteiger partial charge in [0.1, 0.15) is 0 Å². The third-order valence-corrected chi connectivity index (χ3v) is 3.96. The van der Waals surface area contributed by atoms with Crippen LogP contribution < -0.4 is 11.1 Å². The molecule has 22 heavy (non-hydrogen) atoms.